The molecule has 0 bridgehead atoms. The molecule has 0 N–H and O–H groups in total. The lowest BCUT2D eigenvalue weighted by Gasteiger charge is -2.26. The summed E-state index contributed by atoms with van der Waals surface area (Å²) in [6, 6.07) is 71.6. The van der Waals surface area contributed by atoms with Crippen molar-refractivity contribution in [2.45, 2.75) is 0 Å². The van der Waals surface area contributed by atoms with Crippen LogP contribution in [0.3, 0.4) is 0 Å². The second-order valence-corrected chi connectivity index (χ2v) is 14.2. The number of hydrogen-bond acceptors (Lipinski definition) is 1. The predicted molar refractivity (Wildman–Crippen MR) is 243 cm³/mol. The average Bonchev–Trinajstić information content (AvgIpc) is 3.33. The first-order chi connectivity index (χ1) is 29.9. The standard InChI is InChI=1S/C56H39N/c1-3-11-40(12-4-1)42-19-21-43(22-20-42)44-25-32-51(33-26-44)57(52-34-27-45(28-35-52)50-24-23-41-13-7-8-17-49(41)39-50)53-36-29-48(30-37-53)56-54-18-10-9-16-47(54)31-38-55(56)46-14-5-2-6-15-46/h1-39H/i25D,26D,32D,33D. The Morgan fingerprint density at radius 1 is 0.281 bits per heavy atom. The van der Waals surface area contributed by atoms with Gasteiger partial charge in [0.05, 0.1) is 5.48 Å². The topological polar surface area (TPSA) is 3.24 Å². The average molecular weight is 730 g/mol. The van der Waals surface area contributed by atoms with E-state index in [1.54, 1.807) is 0 Å². The minimum atomic E-state index is -0.119. The van der Waals surface area contributed by atoms with E-state index in [1.807, 2.05) is 102 Å². The van der Waals surface area contributed by atoms with Crippen LogP contribution in [0.2, 0.25) is 0 Å². The van der Waals surface area contributed by atoms with Gasteiger partial charge in [-0.05, 0) is 120 Å². The third kappa shape index (κ3) is 6.77. The Morgan fingerprint density at radius 3 is 1.40 bits per heavy atom. The second-order valence-electron chi connectivity index (χ2n) is 14.2. The molecular weight excluding hydrogens is 687 g/mol. The van der Waals surface area contributed by atoms with Crippen LogP contribution in [0.15, 0.2) is 236 Å². The minimum absolute atomic E-state index is 0.0962. The zero-order valence-corrected chi connectivity index (χ0v) is 31.2. The molecule has 0 radical (unpaired) electrons. The Kier molecular flexibility index (Phi) is 7.84. The van der Waals surface area contributed by atoms with Crippen LogP contribution in [0, 0.1) is 0 Å². The predicted octanol–water partition coefficient (Wildman–Crippen LogP) is 15.8. The van der Waals surface area contributed by atoms with Gasteiger partial charge in [-0.2, -0.15) is 0 Å². The van der Waals surface area contributed by atoms with Crippen molar-refractivity contribution in [2.75, 3.05) is 4.90 Å². The lowest BCUT2D eigenvalue weighted by Crippen LogP contribution is -2.09. The first-order valence-electron chi connectivity index (χ1n) is 21.3. The Labute approximate surface area is 340 Å². The van der Waals surface area contributed by atoms with Crippen molar-refractivity contribution in [2.24, 2.45) is 0 Å². The summed E-state index contributed by atoms with van der Waals surface area (Å²) in [5, 5.41) is 4.62. The van der Waals surface area contributed by atoms with Gasteiger partial charge in [-0.1, -0.05) is 194 Å². The summed E-state index contributed by atoms with van der Waals surface area (Å²) < 4.78 is 37.8. The summed E-state index contributed by atoms with van der Waals surface area (Å²) >= 11 is 0. The van der Waals surface area contributed by atoms with Gasteiger partial charge in [-0.25, -0.2) is 0 Å². The highest BCUT2D eigenvalue weighted by Crippen LogP contribution is 2.41. The van der Waals surface area contributed by atoms with Crippen molar-refractivity contribution in [1.29, 1.82) is 0 Å². The van der Waals surface area contributed by atoms with Crippen LogP contribution in [0.25, 0.3) is 77.2 Å². The monoisotopic (exact) mass is 729 g/mol. The van der Waals surface area contributed by atoms with Gasteiger partial charge in [-0.3, -0.25) is 0 Å². The van der Waals surface area contributed by atoms with Crippen molar-refractivity contribution in [3.05, 3.63) is 236 Å². The number of rotatable bonds is 8. The molecule has 0 fully saturated rings. The van der Waals surface area contributed by atoms with Crippen molar-refractivity contribution in [3.8, 4) is 55.6 Å². The molecule has 0 aromatic heterocycles. The summed E-state index contributed by atoms with van der Waals surface area (Å²) in [6.07, 6.45) is 0. The molecule has 0 unspecified atom stereocenters. The minimum Gasteiger partial charge on any atom is -0.311 e. The highest BCUT2D eigenvalue weighted by molar-refractivity contribution is 6.04. The molecule has 0 atom stereocenters. The smallest absolute Gasteiger partial charge is 0.0645 e. The Bertz CT molecular complexity index is 3170. The van der Waals surface area contributed by atoms with E-state index in [0.29, 0.717) is 16.9 Å². The van der Waals surface area contributed by atoms with Crippen LogP contribution in [-0.2, 0) is 0 Å². The molecule has 1 nitrogen and oxygen atoms in total. The van der Waals surface area contributed by atoms with Gasteiger partial charge in [0, 0.05) is 17.1 Å². The van der Waals surface area contributed by atoms with E-state index in [1.165, 1.54) is 5.39 Å². The largest absolute Gasteiger partial charge is 0.311 e. The van der Waals surface area contributed by atoms with Gasteiger partial charge in [0.25, 0.3) is 0 Å². The van der Waals surface area contributed by atoms with E-state index in [0.717, 1.165) is 60.7 Å². The number of benzene rings is 10. The normalized spacial score (nSPS) is 12.1. The highest BCUT2D eigenvalue weighted by Gasteiger charge is 2.16. The van der Waals surface area contributed by atoms with Crippen molar-refractivity contribution in [3.63, 3.8) is 0 Å². The molecule has 0 amide bonds. The molecule has 10 aromatic carbocycles. The number of fused-ring (bicyclic) bond motifs is 2. The lowest BCUT2D eigenvalue weighted by atomic mass is 9.89. The maximum atomic E-state index is 9.54. The fourth-order valence-electron chi connectivity index (χ4n) is 7.82. The van der Waals surface area contributed by atoms with Crippen LogP contribution < -0.4 is 4.90 Å². The molecule has 57 heavy (non-hydrogen) atoms. The van der Waals surface area contributed by atoms with E-state index in [2.05, 4.69) is 115 Å². The van der Waals surface area contributed by atoms with E-state index >= 15 is 0 Å². The maximum Gasteiger partial charge on any atom is 0.0645 e. The van der Waals surface area contributed by atoms with Gasteiger partial charge >= 0.3 is 0 Å². The Morgan fingerprint density at radius 2 is 0.737 bits per heavy atom. The second kappa shape index (κ2) is 15.0. The molecular formula is C56H39N. The van der Waals surface area contributed by atoms with Crippen LogP contribution in [0.5, 0.6) is 0 Å². The lowest BCUT2D eigenvalue weighted by molar-refractivity contribution is 1.28. The van der Waals surface area contributed by atoms with Crippen molar-refractivity contribution < 1.29 is 5.48 Å². The summed E-state index contributed by atoms with van der Waals surface area (Å²) in [7, 11) is 0. The van der Waals surface area contributed by atoms with Crippen LogP contribution >= 0.6 is 0 Å². The molecule has 0 heterocycles. The van der Waals surface area contributed by atoms with Gasteiger partial charge in [-0.15, -0.1) is 0 Å². The Hall–Kier alpha value is -7.48. The number of nitrogens with zero attached hydrogens (tertiary/aromatic N) is 1. The third-order valence-corrected chi connectivity index (χ3v) is 10.8. The van der Waals surface area contributed by atoms with Crippen LogP contribution in [0.1, 0.15) is 5.48 Å². The van der Waals surface area contributed by atoms with Crippen LogP contribution in [0.4, 0.5) is 17.1 Å². The van der Waals surface area contributed by atoms with E-state index in [-0.39, 0.29) is 35.4 Å². The molecule has 0 aliphatic carbocycles. The van der Waals surface area contributed by atoms with E-state index in [4.69, 9.17) is 0 Å². The molecule has 268 valence electrons. The third-order valence-electron chi connectivity index (χ3n) is 10.8. The molecule has 0 aliphatic heterocycles. The maximum absolute atomic E-state index is 9.54. The van der Waals surface area contributed by atoms with E-state index in [9.17, 15) is 5.48 Å². The quantitative estimate of drug-likeness (QED) is 0.151. The molecule has 0 saturated heterocycles. The van der Waals surface area contributed by atoms with Crippen molar-refractivity contribution in [1.82, 2.24) is 0 Å². The molecule has 1 heteroatoms. The number of hydrogen-bond donors (Lipinski definition) is 0. The molecule has 10 aromatic rings. The van der Waals surface area contributed by atoms with Gasteiger partial charge < -0.3 is 4.90 Å². The summed E-state index contributed by atoms with van der Waals surface area (Å²) in [5.41, 5.74) is 11.1. The highest BCUT2D eigenvalue weighted by atomic mass is 15.1. The van der Waals surface area contributed by atoms with Crippen LogP contribution in [-0.4, -0.2) is 0 Å². The SMILES string of the molecule is [2H]c1c([2H])c(N(c2ccc(-c3ccc4ccccc4c3)cc2)c2ccc(-c3c(-c4ccccc4)ccc4ccccc34)cc2)c([2H])c([2H])c1-c1ccc(-c2ccccc2)cc1. The fraction of sp³-hybridized carbons (Fsp3) is 0. The first-order valence-corrected chi connectivity index (χ1v) is 19.3. The summed E-state index contributed by atoms with van der Waals surface area (Å²) in [5.74, 6) is 0. The summed E-state index contributed by atoms with van der Waals surface area (Å²) in [6.45, 7) is 0. The fourth-order valence-corrected chi connectivity index (χ4v) is 7.82. The molecule has 10 rings (SSSR count). The zero-order valence-electron chi connectivity index (χ0n) is 35.2. The molecule has 0 saturated carbocycles. The molecule has 0 spiro atoms. The summed E-state index contributed by atoms with van der Waals surface area (Å²) in [4.78, 5) is 1.86. The van der Waals surface area contributed by atoms with Gasteiger partial charge in [0.15, 0.2) is 0 Å². The first kappa shape index (κ1) is 29.8. The Balaban J connectivity index is 1.11. The molecule has 0 aliphatic rings. The van der Waals surface area contributed by atoms with E-state index < -0.39 is 0 Å². The number of anilines is 3. The zero-order chi connectivity index (χ0) is 41.5. The van der Waals surface area contributed by atoms with Gasteiger partial charge in [0.1, 0.15) is 0 Å². The van der Waals surface area contributed by atoms with Crippen molar-refractivity contribution >= 4 is 38.6 Å². The van der Waals surface area contributed by atoms with Gasteiger partial charge in [0.2, 0.25) is 0 Å².